The van der Waals surface area contributed by atoms with Crippen LogP contribution in [0.4, 0.5) is 4.79 Å². The molecular weight excluding hydrogens is 628 g/mol. The number of amides is 3. The minimum absolute atomic E-state index is 0.0453. The summed E-state index contributed by atoms with van der Waals surface area (Å²) < 4.78 is 5.46. The SMILES string of the molecule is CC(C)(C)OC(=O)N[C@H]1CCCCCC=C[C@@H]2C[C@@]2(C(=O)O)NC(=O)[C@@H]2C[C@H](n3nc4ccc(C(=O)c5ccccc5)cc4n3)CN2C1=O. The van der Waals surface area contributed by atoms with Crippen LogP contribution in [0.2, 0.25) is 0 Å². The molecule has 5 atom stereocenters. The number of alkyl carbamates (subject to hydrolysis) is 1. The molecule has 6 rings (SSSR count). The van der Waals surface area contributed by atoms with Gasteiger partial charge in [-0.05, 0) is 64.7 Å². The third-order valence-electron chi connectivity index (χ3n) is 9.35. The predicted molar refractivity (Wildman–Crippen MR) is 179 cm³/mol. The number of carboxylic acids is 1. The Kier molecular flexibility index (Phi) is 9.28. The molecule has 3 N–H and O–H groups in total. The van der Waals surface area contributed by atoms with Gasteiger partial charge in [-0.3, -0.25) is 14.4 Å². The van der Waals surface area contributed by atoms with E-state index in [1.165, 1.54) is 9.70 Å². The molecule has 1 aromatic heterocycles. The van der Waals surface area contributed by atoms with Gasteiger partial charge in [-0.1, -0.05) is 55.3 Å². The van der Waals surface area contributed by atoms with Crippen LogP contribution in [0.3, 0.4) is 0 Å². The summed E-state index contributed by atoms with van der Waals surface area (Å²) in [5, 5.41) is 24.9. The molecule has 3 aliphatic rings. The topological polar surface area (TPSA) is 173 Å². The lowest BCUT2D eigenvalue weighted by Crippen LogP contribution is -2.56. The molecule has 49 heavy (non-hydrogen) atoms. The smallest absolute Gasteiger partial charge is 0.408 e. The largest absolute Gasteiger partial charge is 0.479 e. The van der Waals surface area contributed by atoms with E-state index in [1.807, 2.05) is 18.2 Å². The Morgan fingerprint density at radius 2 is 1.76 bits per heavy atom. The van der Waals surface area contributed by atoms with Crippen LogP contribution in [-0.2, 0) is 19.1 Å². The Bertz CT molecular complexity index is 1800. The highest BCUT2D eigenvalue weighted by molar-refractivity contribution is 6.10. The van der Waals surface area contributed by atoms with Crippen molar-refractivity contribution >= 4 is 40.7 Å². The fourth-order valence-corrected chi connectivity index (χ4v) is 6.69. The average Bonchev–Trinajstić information content (AvgIpc) is 3.37. The molecule has 2 aromatic carbocycles. The summed E-state index contributed by atoms with van der Waals surface area (Å²) in [5.74, 6) is -2.70. The number of ketones is 1. The van der Waals surface area contributed by atoms with Gasteiger partial charge >= 0.3 is 12.1 Å². The minimum atomic E-state index is -1.45. The second kappa shape index (κ2) is 13.4. The molecule has 1 aliphatic carbocycles. The first-order valence-electron chi connectivity index (χ1n) is 16.8. The lowest BCUT2D eigenvalue weighted by Gasteiger charge is -2.30. The molecule has 1 saturated heterocycles. The van der Waals surface area contributed by atoms with Gasteiger partial charge in [0.15, 0.2) is 5.78 Å². The van der Waals surface area contributed by atoms with E-state index in [9.17, 15) is 29.1 Å². The number of hydrogen-bond donors (Lipinski definition) is 3. The first-order valence-corrected chi connectivity index (χ1v) is 16.8. The maximum Gasteiger partial charge on any atom is 0.408 e. The van der Waals surface area contributed by atoms with E-state index < -0.39 is 53.1 Å². The molecule has 258 valence electrons. The van der Waals surface area contributed by atoms with E-state index in [-0.39, 0.29) is 31.1 Å². The number of allylic oxidation sites excluding steroid dienone is 1. The molecule has 0 radical (unpaired) electrons. The number of carbonyl (C=O) groups excluding carboxylic acids is 4. The molecule has 3 aromatic rings. The number of aromatic nitrogens is 3. The van der Waals surface area contributed by atoms with Crippen LogP contribution in [0, 0.1) is 5.92 Å². The van der Waals surface area contributed by atoms with E-state index in [0.717, 1.165) is 19.3 Å². The highest BCUT2D eigenvalue weighted by atomic mass is 16.6. The summed E-state index contributed by atoms with van der Waals surface area (Å²) in [6, 6.07) is 11.4. The van der Waals surface area contributed by atoms with Crippen molar-refractivity contribution in [1.82, 2.24) is 30.5 Å². The molecule has 0 spiro atoms. The summed E-state index contributed by atoms with van der Waals surface area (Å²) in [7, 11) is 0. The Balaban J connectivity index is 1.30. The van der Waals surface area contributed by atoms with Crippen molar-refractivity contribution in [3.8, 4) is 0 Å². The van der Waals surface area contributed by atoms with Crippen molar-refractivity contribution in [2.24, 2.45) is 5.92 Å². The number of carbonyl (C=O) groups is 5. The zero-order valence-corrected chi connectivity index (χ0v) is 27.9. The summed E-state index contributed by atoms with van der Waals surface area (Å²) in [6.07, 6.45) is 6.78. The first-order chi connectivity index (χ1) is 23.3. The van der Waals surface area contributed by atoms with Crippen LogP contribution in [0.25, 0.3) is 11.0 Å². The summed E-state index contributed by atoms with van der Waals surface area (Å²) in [4.78, 5) is 69.5. The van der Waals surface area contributed by atoms with E-state index in [1.54, 1.807) is 63.2 Å². The van der Waals surface area contributed by atoms with Gasteiger partial charge in [0.05, 0.1) is 6.04 Å². The van der Waals surface area contributed by atoms with Gasteiger partial charge in [-0.15, -0.1) is 0 Å². The molecular formula is C36H42N6O7. The normalized spacial score (nSPS) is 26.1. The Morgan fingerprint density at radius 3 is 2.49 bits per heavy atom. The average molecular weight is 671 g/mol. The molecule has 2 fully saturated rings. The molecule has 1 saturated carbocycles. The minimum Gasteiger partial charge on any atom is -0.479 e. The van der Waals surface area contributed by atoms with Crippen molar-refractivity contribution < 1.29 is 33.8 Å². The maximum atomic E-state index is 14.3. The number of nitrogens with one attached hydrogen (secondary N) is 2. The van der Waals surface area contributed by atoms with Gasteiger partial charge in [0.1, 0.15) is 34.3 Å². The standard InChI is InChI=1S/C36H42N6O7/c1-35(2,3)49-34(48)37-27-15-11-6-4-5-10-14-24-20-36(24,33(46)47)38-31(44)29-19-25(21-41(29)32(27)45)42-39-26-17-16-23(18-28(26)40-42)30(43)22-12-8-7-9-13-22/h7-10,12-14,16-18,24-25,27,29H,4-6,11,15,19-21H2,1-3H3,(H,37,48)(H,38,44)(H,46,47)/t24-,25+,27+,29+,36-/m1/s1. The molecule has 3 amide bonds. The zero-order chi connectivity index (χ0) is 34.9. The summed E-state index contributed by atoms with van der Waals surface area (Å²) in [6.45, 7) is 5.24. The van der Waals surface area contributed by atoms with Gasteiger partial charge < -0.3 is 25.4 Å². The molecule has 0 bridgehead atoms. The Hall–Kier alpha value is -5.07. The quantitative estimate of drug-likeness (QED) is 0.266. The Labute approximate surface area is 284 Å². The van der Waals surface area contributed by atoms with Crippen LogP contribution in [0.5, 0.6) is 0 Å². The second-order valence-corrected chi connectivity index (χ2v) is 14.2. The highest BCUT2D eigenvalue weighted by Gasteiger charge is 2.61. The van der Waals surface area contributed by atoms with Crippen LogP contribution >= 0.6 is 0 Å². The number of benzene rings is 2. The molecule has 0 unspecified atom stereocenters. The molecule has 3 heterocycles. The van der Waals surface area contributed by atoms with Crippen molar-refractivity contribution in [1.29, 1.82) is 0 Å². The van der Waals surface area contributed by atoms with Crippen LogP contribution < -0.4 is 10.6 Å². The number of rotatable bonds is 5. The fourth-order valence-electron chi connectivity index (χ4n) is 6.69. The van der Waals surface area contributed by atoms with Gasteiger partial charge in [0, 0.05) is 30.0 Å². The number of fused-ring (bicyclic) bond motifs is 3. The van der Waals surface area contributed by atoms with Crippen molar-refractivity contribution in [2.75, 3.05) is 6.54 Å². The monoisotopic (exact) mass is 670 g/mol. The summed E-state index contributed by atoms with van der Waals surface area (Å²) in [5.41, 5.74) is -0.236. The molecule has 13 heteroatoms. The predicted octanol–water partition coefficient (Wildman–Crippen LogP) is 4.18. The fraction of sp³-hybridized carbons (Fsp3) is 0.472. The van der Waals surface area contributed by atoms with Crippen LogP contribution in [0.15, 0.2) is 60.7 Å². The summed E-state index contributed by atoms with van der Waals surface area (Å²) >= 11 is 0. The second-order valence-electron chi connectivity index (χ2n) is 14.2. The molecule has 2 aliphatic heterocycles. The number of aliphatic carboxylic acids is 1. The zero-order valence-electron chi connectivity index (χ0n) is 27.9. The third-order valence-corrected chi connectivity index (χ3v) is 9.35. The third kappa shape index (κ3) is 7.35. The molecule has 13 nitrogen and oxygen atoms in total. The lowest BCUT2D eigenvalue weighted by atomic mass is 10.0. The maximum absolute atomic E-state index is 14.3. The van der Waals surface area contributed by atoms with Gasteiger partial charge in [-0.25, -0.2) is 9.59 Å². The van der Waals surface area contributed by atoms with Gasteiger partial charge in [0.25, 0.3) is 0 Å². The van der Waals surface area contributed by atoms with Gasteiger partial charge in [-0.2, -0.15) is 15.0 Å². The lowest BCUT2D eigenvalue weighted by molar-refractivity contribution is -0.145. The van der Waals surface area contributed by atoms with Crippen molar-refractivity contribution in [3.63, 3.8) is 0 Å². The number of hydrogen-bond acceptors (Lipinski definition) is 8. The number of carboxylic acid groups (broad SMARTS) is 1. The van der Waals surface area contributed by atoms with Gasteiger partial charge in [0.2, 0.25) is 11.8 Å². The van der Waals surface area contributed by atoms with E-state index in [0.29, 0.717) is 35.0 Å². The van der Waals surface area contributed by atoms with Crippen LogP contribution in [-0.4, -0.2) is 84.4 Å². The number of ether oxygens (including phenoxy) is 1. The number of nitrogens with zero attached hydrogens (tertiary/aromatic N) is 4. The van der Waals surface area contributed by atoms with Crippen LogP contribution in [0.1, 0.15) is 87.7 Å². The Morgan fingerprint density at radius 1 is 1.00 bits per heavy atom. The highest BCUT2D eigenvalue weighted by Crippen LogP contribution is 2.45. The van der Waals surface area contributed by atoms with Crippen molar-refractivity contribution in [2.45, 2.75) is 95.0 Å². The van der Waals surface area contributed by atoms with E-state index >= 15 is 0 Å². The van der Waals surface area contributed by atoms with Crippen molar-refractivity contribution in [3.05, 3.63) is 71.8 Å². The van der Waals surface area contributed by atoms with E-state index in [2.05, 4.69) is 20.8 Å². The van der Waals surface area contributed by atoms with E-state index in [4.69, 9.17) is 4.74 Å². The first kappa shape index (κ1) is 33.8.